The Hall–Kier alpha value is -1.10. The molecule has 14 heavy (non-hydrogen) atoms. The molecule has 78 valence electrons. The van der Waals surface area contributed by atoms with Gasteiger partial charge in [0.15, 0.2) is 6.10 Å². The van der Waals surface area contributed by atoms with Crippen LogP contribution in [0.25, 0.3) is 0 Å². The van der Waals surface area contributed by atoms with E-state index in [1.807, 2.05) is 0 Å². The summed E-state index contributed by atoms with van der Waals surface area (Å²) in [6.07, 6.45) is -7.39. The summed E-state index contributed by atoms with van der Waals surface area (Å²) in [6, 6.07) is 2.93. The fourth-order valence-corrected chi connectivity index (χ4v) is 1.08. The molecule has 0 fully saturated rings. The molecule has 0 saturated heterocycles. The summed E-state index contributed by atoms with van der Waals surface area (Å²) in [6.45, 7) is 1.38. The molecule has 1 nitrogen and oxygen atoms in total. The van der Waals surface area contributed by atoms with E-state index >= 15 is 0 Å². The molecule has 1 aromatic carbocycles. The Bertz CT molecular complexity index is 332. The second kappa shape index (κ2) is 3.57. The van der Waals surface area contributed by atoms with Crippen LogP contribution in [0.3, 0.4) is 0 Å². The maximum absolute atomic E-state index is 12.6. The standard InChI is InChI=1S/C9H8F4O/c1-5-2-3-6(10)4-7(5)8(14)9(11,12)13/h2-4,8,14H,1H3/t8-/m0/s1. The van der Waals surface area contributed by atoms with Crippen LogP contribution in [0, 0.1) is 12.7 Å². The quantitative estimate of drug-likeness (QED) is 0.703. The molecule has 0 aliphatic rings. The normalized spacial score (nSPS) is 14.1. The van der Waals surface area contributed by atoms with Crippen LogP contribution in [0.4, 0.5) is 17.6 Å². The third-order valence-corrected chi connectivity index (χ3v) is 1.85. The van der Waals surface area contributed by atoms with Crippen molar-refractivity contribution >= 4 is 0 Å². The second-order valence-electron chi connectivity index (χ2n) is 2.95. The molecular weight excluding hydrogens is 200 g/mol. The highest BCUT2D eigenvalue weighted by atomic mass is 19.4. The highest BCUT2D eigenvalue weighted by Gasteiger charge is 2.40. The third-order valence-electron chi connectivity index (χ3n) is 1.85. The van der Waals surface area contributed by atoms with Crippen molar-refractivity contribution in [3.63, 3.8) is 0 Å². The number of halogens is 4. The Morgan fingerprint density at radius 3 is 2.36 bits per heavy atom. The molecule has 0 aromatic heterocycles. The molecule has 0 heterocycles. The van der Waals surface area contributed by atoms with E-state index in [4.69, 9.17) is 5.11 Å². The monoisotopic (exact) mass is 208 g/mol. The summed E-state index contributed by atoms with van der Waals surface area (Å²) in [4.78, 5) is 0. The zero-order valence-electron chi connectivity index (χ0n) is 7.27. The number of hydrogen-bond acceptors (Lipinski definition) is 1. The van der Waals surface area contributed by atoms with Crippen LogP contribution in [0.1, 0.15) is 17.2 Å². The van der Waals surface area contributed by atoms with E-state index in [2.05, 4.69) is 0 Å². The number of rotatable bonds is 1. The van der Waals surface area contributed by atoms with Crippen molar-refractivity contribution in [1.29, 1.82) is 0 Å². The number of aliphatic hydroxyl groups excluding tert-OH is 1. The average molecular weight is 208 g/mol. The van der Waals surface area contributed by atoms with Crippen LogP contribution < -0.4 is 0 Å². The number of aliphatic hydroxyl groups is 1. The summed E-state index contributed by atoms with van der Waals surface area (Å²) in [5.74, 6) is -0.797. The highest BCUT2D eigenvalue weighted by Crippen LogP contribution is 2.34. The molecule has 0 unspecified atom stereocenters. The van der Waals surface area contributed by atoms with Crippen molar-refractivity contribution in [3.8, 4) is 0 Å². The van der Waals surface area contributed by atoms with Crippen LogP contribution in [0.2, 0.25) is 0 Å². The number of benzene rings is 1. The smallest absolute Gasteiger partial charge is 0.379 e. The zero-order valence-corrected chi connectivity index (χ0v) is 7.27. The molecule has 0 amide bonds. The highest BCUT2D eigenvalue weighted by molar-refractivity contribution is 5.29. The van der Waals surface area contributed by atoms with E-state index in [1.165, 1.54) is 13.0 Å². The van der Waals surface area contributed by atoms with E-state index in [9.17, 15) is 17.6 Å². The van der Waals surface area contributed by atoms with Gasteiger partial charge < -0.3 is 5.11 Å². The van der Waals surface area contributed by atoms with Crippen LogP contribution in [0.15, 0.2) is 18.2 Å². The van der Waals surface area contributed by atoms with Gasteiger partial charge in [0.1, 0.15) is 5.82 Å². The SMILES string of the molecule is Cc1ccc(F)cc1[C@H](O)C(F)(F)F. The molecule has 1 aromatic rings. The summed E-state index contributed by atoms with van der Waals surface area (Å²) < 4.78 is 48.8. The summed E-state index contributed by atoms with van der Waals surface area (Å²) in [7, 11) is 0. The molecule has 0 saturated carbocycles. The van der Waals surface area contributed by atoms with E-state index in [1.54, 1.807) is 0 Å². The lowest BCUT2D eigenvalue weighted by atomic mass is 10.0. The minimum absolute atomic E-state index is 0.205. The Morgan fingerprint density at radius 1 is 1.29 bits per heavy atom. The summed E-state index contributed by atoms with van der Waals surface area (Å²) in [5.41, 5.74) is -0.242. The van der Waals surface area contributed by atoms with Gasteiger partial charge in [-0.3, -0.25) is 0 Å². The van der Waals surface area contributed by atoms with Crippen LogP contribution in [-0.2, 0) is 0 Å². The molecule has 0 aliphatic carbocycles. The number of hydrogen-bond donors (Lipinski definition) is 1. The largest absolute Gasteiger partial charge is 0.418 e. The van der Waals surface area contributed by atoms with Gasteiger partial charge in [-0.2, -0.15) is 13.2 Å². The molecule has 0 spiro atoms. The van der Waals surface area contributed by atoms with E-state index in [-0.39, 0.29) is 5.56 Å². The fourth-order valence-electron chi connectivity index (χ4n) is 1.08. The van der Waals surface area contributed by atoms with Gasteiger partial charge in [0.25, 0.3) is 0 Å². The van der Waals surface area contributed by atoms with Crippen LogP contribution in [-0.4, -0.2) is 11.3 Å². The van der Waals surface area contributed by atoms with E-state index in [0.717, 1.165) is 6.07 Å². The van der Waals surface area contributed by atoms with E-state index in [0.29, 0.717) is 6.07 Å². The first-order valence-corrected chi connectivity index (χ1v) is 3.83. The molecule has 0 aliphatic heterocycles. The first-order chi connectivity index (χ1) is 6.32. The second-order valence-corrected chi connectivity index (χ2v) is 2.95. The van der Waals surface area contributed by atoms with Gasteiger partial charge in [-0.1, -0.05) is 6.07 Å². The third kappa shape index (κ3) is 2.23. The Balaban J connectivity index is 3.12. The van der Waals surface area contributed by atoms with Crippen molar-refractivity contribution in [2.75, 3.05) is 0 Å². The maximum Gasteiger partial charge on any atom is 0.418 e. The molecule has 1 atom stereocenters. The van der Waals surface area contributed by atoms with Gasteiger partial charge in [-0.25, -0.2) is 4.39 Å². The Labute approximate surface area is 78.0 Å². The van der Waals surface area contributed by atoms with E-state index < -0.39 is 23.7 Å². The van der Waals surface area contributed by atoms with Gasteiger partial charge in [-0.15, -0.1) is 0 Å². The van der Waals surface area contributed by atoms with Crippen LogP contribution >= 0.6 is 0 Å². The molecule has 1 rings (SSSR count). The van der Waals surface area contributed by atoms with Gasteiger partial charge >= 0.3 is 6.18 Å². The molecular formula is C9H8F4O. The van der Waals surface area contributed by atoms with Crippen molar-refractivity contribution in [2.24, 2.45) is 0 Å². The van der Waals surface area contributed by atoms with Gasteiger partial charge in [0.2, 0.25) is 0 Å². The molecule has 5 heteroatoms. The molecule has 1 N–H and O–H groups in total. The minimum atomic E-state index is -4.77. The average Bonchev–Trinajstić information content (AvgIpc) is 2.06. The lowest BCUT2D eigenvalue weighted by Gasteiger charge is -2.16. The predicted octanol–water partition coefficient (Wildman–Crippen LogP) is 2.73. The molecule has 0 radical (unpaired) electrons. The number of alkyl halides is 3. The zero-order chi connectivity index (χ0) is 10.9. The van der Waals surface area contributed by atoms with Crippen molar-refractivity contribution in [3.05, 3.63) is 35.1 Å². The van der Waals surface area contributed by atoms with Crippen molar-refractivity contribution in [2.45, 2.75) is 19.2 Å². The topological polar surface area (TPSA) is 20.2 Å². The first kappa shape index (κ1) is 11.0. The lowest BCUT2D eigenvalue weighted by Crippen LogP contribution is -2.21. The Morgan fingerprint density at radius 2 is 1.86 bits per heavy atom. The van der Waals surface area contributed by atoms with Gasteiger partial charge in [0, 0.05) is 0 Å². The van der Waals surface area contributed by atoms with Crippen molar-refractivity contribution in [1.82, 2.24) is 0 Å². The Kier molecular flexibility index (Phi) is 2.80. The predicted molar refractivity (Wildman–Crippen MR) is 42.2 cm³/mol. The summed E-state index contributed by atoms with van der Waals surface area (Å²) in [5, 5.41) is 8.87. The van der Waals surface area contributed by atoms with Crippen LogP contribution in [0.5, 0.6) is 0 Å². The first-order valence-electron chi connectivity index (χ1n) is 3.83. The maximum atomic E-state index is 12.6. The summed E-state index contributed by atoms with van der Waals surface area (Å²) >= 11 is 0. The fraction of sp³-hybridized carbons (Fsp3) is 0.333. The van der Waals surface area contributed by atoms with Crippen molar-refractivity contribution < 1.29 is 22.7 Å². The minimum Gasteiger partial charge on any atom is -0.379 e. The lowest BCUT2D eigenvalue weighted by molar-refractivity contribution is -0.207. The van der Waals surface area contributed by atoms with Gasteiger partial charge in [0.05, 0.1) is 0 Å². The van der Waals surface area contributed by atoms with Gasteiger partial charge in [-0.05, 0) is 30.2 Å². The molecule has 0 bridgehead atoms. The number of aryl methyl sites for hydroxylation is 1.